The summed E-state index contributed by atoms with van der Waals surface area (Å²) >= 11 is 1.46. The molecular formula is C26H26N4O2S. The molecule has 0 bridgehead atoms. The van der Waals surface area contributed by atoms with Gasteiger partial charge in [-0.25, -0.2) is 9.97 Å². The minimum atomic E-state index is -0.104. The molecule has 0 unspecified atom stereocenters. The van der Waals surface area contributed by atoms with Gasteiger partial charge in [0.1, 0.15) is 5.65 Å². The van der Waals surface area contributed by atoms with Crippen LogP contribution in [-0.2, 0) is 12.3 Å². The van der Waals surface area contributed by atoms with Crippen LogP contribution in [-0.4, -0.2) is 18.9 Å². The lowest BCUT2D eigenvalue weighted by Crippen LogP contribution is -2.24. The lowest BCUT2D eigenvalue weighted by Gasteiger charge is -2.16. The first-order valence-corrected chi connectivity index (χ1v) is 12.4. The fraction of sp³-hybridized carbons (Fsp3) is 0.308. The molecule has 0 spiro atoms. The summed E-state index contributed by atoms with van der Waals surface area (Å²) in [6.07, 6.45) is 9.64. The van der Waals surface area contributed by atoms with Gasteiger partial charge in [-0.3, -0.25) is 18.6 Å². The van der Waals surface area contributed by atoms with Crippen molar-refractivity contribution < 1.29 is 0 Å². The van der Waals surface area contributed by atoms with Crippen LogP contribution in [0.2, 0.25) is 0 Å². The Bertz CT molecular complexity index is 1490. The highest BCUT2D eigenvalue weighted by Gasteiger charge is 2.14. The molecule has 4 aromatic rings. The van der Waals surface area contributed by atoms with Crippen molar-refractivity contribution in [3.8, 4) is 0 Å². The molecule has 0 fully saturated rings. The maximum absolute atomic E-state index is 13.3. The Morgan fingerprint density at radius 1 is 1.06 bits per heavy atom. The number of rotatable bonds is 6. The normalized spacial score (nSPS) is 14.0. The number of aryl methyl sites for hydroxylation is 1. The Labute approximate surface area is 196 Å². The highest BCUT2D eigenvalue weighted by atomic mass is 32.2. The second-order valence-corrected chi connectivity index (χ2v) is 9.43. The monoisotopic (exact) mass is 458 g/mol. The molecule has 0 atom stereocenters. The van der Waals surface area contributed by atoms with Crippen molar-refractivity contribution in [3.63, 3.8) is 0 Å². The first-order valence-electron chi connectivity index (χ1n) is 11.4. The number of nitrogens with zero attached hydrogens (tertiary/aromatic N) is 4. The summed E-state index contributed by atoms with van der Waals surface area (Å²) in [5.41, 5.74) is 4.30. The number of benzene rings is 1. The van der Waals surface area contributed by atoms with Gasteiger partial charge >= 0.3 is 0 Å². The second kappa shape index (κ2) is 9.35. The van der Waals surface area contributed by atoms with Crippen LogP contribution in [0.3, 0.4) is 0 Å². The van der Waals surface area contributed by atoms with Crippen LogP contribution in [0.4, 0.5) is 0 Å². The largest absolute Gasteiger partial charge is 0.287 e. The van der Waals surface area contributed by atoms with Gasteiger partial charge < -0.3 is 0 Å². The van der Waals surface area contributed by atoms with Crippen molar-refractivity contribution >= 4 is 28.3 Å². The minimum absolute atomic E-state index is 0.0121. The van der Waals surface area contributed by atoms with Crippen LogP contribution in [0.1, 0.15) is 43.4 Å². The van der Waals surface area contributed by atoms with E-state index < -0.39 is 0 Å². The standard InChI is InChI=1S/C26H26N4O2S/c1-18-8-7-14-29-23(31)16-20(27-24(18)29)17-33-26-28-22-12-6-5-11-21(22)25(32)30(26)15-13-19-9-3-2-4-10-19/h5-9,11-12,14,16H,2-4,10,13,15,17H2,1H3. The van der Waals surface area contributed by atoms with Crippen LogP contribution in [0.5, 0.6) is 0 Å². The Balaban J connectivity index is 1.48. The molecule has 0 saturated heterocycles. The third-order valence-electron chi connectivity index (χ3n) is 6.16. The number of thioether (sulfide) groups is 1. The average Bonchev–Trinajstić information content (AvgIpc) is 2.84. The molecule has 3 heterocycles. The predicted octanol–water partition coefficient (Wildman–Crippen LogP) is 4.90. The quantitative estimate of drug-likeness (QED) is 0.234. The predicted molar refractivity (Wildman–Crippen MR) is 133 cm³/mol. The smallest absolute Gasteiger partial charge is 0.262 e. The molecule has 3 aromatic heterocycles. The molecule has 168 valence electrons. The van der Waals surface area contributed by atoms with Gasteiger partial charge in [0.2, 0.25) is 0 Å². The van der Waals surface area contributed by atoms with Crippen molar-refractivity contribution in [1.29, 1.82) is 0 Å². The SMILES string of the molecule is Cc1cccn2c(=O)cc(CSc3nc4ccccc4c(=O)n3CCC3=CCCCC3)nc12. The number of para-hydroxylation sites is 1. The first kappa shape index (κ1) is 21.6. The molecule has 1 aliphatic carbocycles. The van der Waals surface area contributed by atoms with E-state index in [0.29, 0.717) is 39.7 Å². The fourth-order valence-corrected chi connectivity index (χ4v) is 5.28. The molecule has 0 saturated carbocycles. The molecule has 5 rings (SSSR count). The molecule has 0 amide bonds. The van der Waals surface area contributed by atoms with Crippen LogP contribution >= 0.6 is 11.8 Å². The summed E-state index contributed by atoms with van der Waals surface area (Å²) in [4.78, 5) is 35.4. The van der Waals surface area contributed by atoms with Crippen molar-refractivity contribution in [2.75, 3.05) is 0 Å². The summed E-state index contributed by atoms with van der Waals surface area (Å²) in [6.45, 7) is 2.55. The maximum atomic E-state index is 13.3. The van der Waals surface area contributed by atoms with E-state index in [4.69, 9.17) is 9.97 Å². The number of pyridine rings is 1. The van der Waals surface area contributed by atoms with Gasteiger partial charge in [-0.2, -0.15) is 0 Å². The van der Waals surface area contributed by atoms with Crippen LogP contribution in [0, 0.1) is 6.92 Å². The molecule has 33 heavy (non-hydrogen) atoms. The molecule has 6 nitrogen and oxygen atoms in total. The topological polar surface area (TPSA) is 69.3 Å². The highest BCUT2D eigenvalue weighted by molar-refractivity contribution is 7.98. The van der Waals surface area contributed by atoms with Gasteiger partial charge in [-0.05, 0) is 62.8 Å². The van der Waals surface area contributed by atoms with Gasteiger partial charge in [0, 0.05) is 24.6 Å². The van der Waals surface area contributed by atoms with E-state index in [1.54, 1.807) is 21.2 Å². The van der Waals surface area contributed by atoms with Gasteiger partial charge in [-0.1, -0.05) is 41.6 Å². The Kier molecular flexibility index (Phi) is 6.13. The van der Waals surface area contributed by atoms with E-state index in [-0.39, 0.29) is 11.1 Å². The van der Waals surface area contributed by atoms with Crippen LogP contribution < -0.4 is 11.1 Å². The fourth-order valence-electron chi connectivity index (χ4n) is 4.36. The number of aromatic nitrogens is 4. The van der Waals surface area contributed by atoms with Crippen LogP contribution in [0.25, 0.3) is 16.6 Å². The van der Waals surface area contributed by atoms with Crippen molar-refractivity contribution in [2.24, 2.45) is 0 Å². The zero-order chi connectivity index (χ0) is 22.8. The van der Waals surface area contributed by atoms with Gasteiger partial charge in [-0.15, -0.1) is 0 Å². The number of hydrogen-bond acceptors (Lipinski definition) is 5. The second-order valence-electron chi connectivity index (χ2n) is 8.49. The number of hydrogen-bond donors (Lipinski definition) is 0. The zero-order valence-corrected chi connectivity index (χ0v) is 19.5. The number of allylic oxidation sites excluding steroid dienone is 2. The van der Waals surface area contributed by atoms with E-state index >= 15 is 0 Å². The minimum Gasteiger partial charge on any atom is -0.287 e. The molecule has 1 aliphatic rings. The first-order chi connectivity index (χ1) is 16.1. The van der Waals surface area contributed by atoms with Gasteiger partial charge in [0.15, 0.2) is 5.16 Å². The van der Waals surface area contributed by atoms with E-state index in [0.717, 1.165) is 24.8 Å². The average molecular weight is 459 g/mol. The summed E-state index contributed by atoms with van der Waals surface area (Å²) in [5.74, 6) is 0.466. The lowest BCUT2D eigenvalue weighted by molar-refractivity contribution is 0.569. The lowest BCUT2D eigenvalue weighted by atomic mass is 9.97. The Hall–Kier alpha value is -3.19. The zero-order valence-electron chi connectivity index (χ0n) is 18.7. The third-order valence-corrected chi connectivity index (χ3v) is 7.17. The van der Waals surface area contributed by atoms with Crippen molar-refractivity contribution in [3.05, 3.63) is 92.3 Å². The molecular weight excluding hydrogens is 432 g/mol. The molecule has 1 aromatic carbocycles. The van der Waals surface area contributed by atoms with E-state index in [1.165, 1.54) is 30.2 Å². The summed E-state index contributed by atoms with van der Waals surface area (Å²) < 4.78 is 3.35. The van der Waals surface area contributed by atoms with E-state index in [1.807, 2.05) is 43.3 Å². The van der Waals surface area contributed by atoms with Crippen molar-refractivity contribution in [2.45, 2.75) is 56.5 Å². The summed E-state index contributed by atoms with van der Waals surface area (Å²) in [6, 6.07) is 12.8. The molecule has 7 heteroatoms. The molecule has 0 radical (unpaired) electrons. The van der Waals surface area contributed by atoms with Gasteiger partial charge in [0.25, 0.3) is 11.1 Å². The number of fused-ring (bicyclic) bond motifs is 2. The van der Waals surface area contributed by atoms with Crippen molar-refractivity contribution in [1.82, 2.24) is 18.9 Å². The van der Waals surface area contributed by atoms with Crippen LogP contribution in [0.15, 0.2) is 75.1 Å². The maximum Gasteiger partial charge on any atom is 0.262 e. The molecule has 0 aliphatic heterocycles. The third kappa shape index (κ3) is 4.50. The summed E-state index contributed by atoms with van der Waals surface area (Å²) in [5, 5.41) is 1.30. The Morgan fingerprint density at radius 3 is 2.79 bits per heavy atom. The highest BCUT2D eigenvalue weighted by Crippen LogP contribution is 2.24. The van der Waals surface area contributed by atoms with E-state index in [9.17, 15) is 9.59 Å². The Morgan fingerprint density at radius 2 is 1.94 bits per heavy atom. The molecule has 0 N–H and O–H groups in total. The summed E-state index contributed by atoms with van der Waals surface area (Å²) in [7, 11) is 0. The van der Waals surface area contributed by atoms with E-state index in [2.05, 4.69) is 6.08 Å². The van der Waals surface area contributed by atoms with Gasteiger partial charge in [0.05, 0.1) is 16.6 Å².